The molecule has 0 fully saturated rings. The van der Waals surface area contributed by atoms with Crippen molar-refractivity contribution in [2.45, 2.75) is 0 Å². The summed E-state index contributed by atoms with van der Waals surface area (Å²) >= 11 is 1.72. The minimum atomic E-state index is 1.26. The molecule has 1 aromatic rings. The van der Waals surface area contributed by atoms with Crippen LogP contribution in [0.15, 0.2) is 30.2 Å². The van der Waals surface area contributed by atoms with Crippen molar-refractivity contribution in [2.75, 3.05) is 0 Å². The molecule has 0 saturated carbocycles. The van der Waals surface area contributed by atoms with Crippen LogP contribution in [0.5, 0.6) is 0 Å². The fourth-order valence-corrected chi connectivity index (χ4v) is 1.15. The van der Waals surface area contributed by atoms with Crippen LogP contribution in [0.1, 0.15) is 4.88 Å². The van der Waals surface area contributed by atoms with Crippen molar-refractivity contribution in [2.24, 2.45) is 0 Å². The van der Waals surface area contributed by atoms with Crippen molar-refractivity contribution in [3.63, 3.8) is 0 Å². The van der Waals surface area contributed by atoms with E-state index in [0.717, 1.165) is 0 Å². The molecule has 0 saturated heterocycles. The first-order valence-electron chi connectivity index (χ1n) is 2.43. The minimum Gasteiger partial charge on any atom is -0.148 e. The van der Waals surface area contributed by atoms with Gasteiger partial charge < -0.3 is 0 Å². The molecular weight excluding hydrogens is 117 g/mol. The topological polar surface area (TPSA) is 0 Å². The minimum absolute atomic E-state index is 1.26. The quantitative estimate of drug-likeness (QED) is 0.568. The summed E-state index contributed by atoms with van der Waals surface area (Å²) in [5, 5.41) is 2.05. The highest BCUT2D eigenvalue weighted by Gasteiger charge is 1.85. The third kappa shape index (κ3) is 1.20. The Hall–Kier alpha value is -0.560. The second-order valence-corrected chi connectivity index (χ2v) is 2.40. The van der Waals surface area contributed by atoms with Crippen molar-refractivity contribution >= 4 is 11.3 Å². The molecule has 0 amide bonds. The van der Waals surface area contributed by atoms with Gasteiger partial charge in [0.1, 0.15) is 0 Å². The second-order valence-electron chi connectivity index (χ2n) is 1.42. The summed E-state index contributed by atoms with van der Waals surface area (Å²) in [5.74, 6) is 0. The van der Waals surface area contributed by atoms with E-state index < -0.39 is 0 Å². The van der Waals surface area contributed by atoms with E-state index in [4.69, 9.17) is 0 Å². The van der Waals surface area contributed by atoms with Crippen LogP contribution in [0, 0.1) is 6.42 Å². The van der Waals surface area contributed by atoms with Gasteiger partial charge in [-0.2, -0.15) is 0 Å². The van der Waals surface area contributed by atoms with E-state index in [-0.39, 0.29) is 0 Å². The van der Waals surface area contributed by atoms with E-state index in [1.165, 1.54) is 4.88 Å². The van der Waals surface area contributed by atoms with E-state index >= 15 is 0 Å². The lowest BCUT2D eigenvalue weighted by Gasteiger charge is -1.80. The maximum atomic E-state index is 3.59. The molecule has 1 heterocycles. The normalized spacial score (nSPS) is 9.00. The lowest BCUT2D eigenvalue weighted by atomic mass is 10.5. The smallest absolute Gasteiger partial charge is 0.0221 e. The maximum absolute atomic E-state index is 3.59. The molecule has 0 aliphatic carbocycles. The molecule has 1 aromatic heterocycles. The number of rotatable bonds is 2. The predicted molar refractivity (Wildman–Crippen MR) is 37.9 cm³/mol. The zero-order chi connectivity index (χ0) is 5.82. The Morgan fingerprint density at radius 2 is 2.50 bits per heavy atom. The van der Waals surface area contributed by atoms with Gasteiger partial charge in [0.15, 0.2) is 0 Å². The van der Waals surface area contributed by atoms with Gasteiger partial charge in [-0.3, -0.25) is 0 Å². The van der Waals surface area contributed by atoms with Crippen LogP contribution in [0.3, 0.4) is 0 Å². The lowest BCUT2D eigenvalue weighted by molar-refractivity contribution is 1.70. The lowest BCUT2D eigenvalue weighted by Crippen LogP contribution is -1.62. The van der Waals surface area contributed by atoms with Gasteiger partial charge in [-0.25, -0.2) is 0 Å². The number of thiophene rings is 1. The first-order valence-corrected chi connectivity index (χ1v) is 3.31. The van der Waals surface area contributed by atoms with E-state index in [9.17, 15) is 0 Å². The third-order valence-electron chi connectivity index (χ3n) is 0.825. The average molecular weight is 124 g/mol. The molecule has 1 rings (SSSR count). The van der Waals surface area contributed by atoms with Crippen LogP contribution >= 0.6 is 11.3 Å². The Balaban J connectivity index is 2.62. The van der Waals surface area contributed by atoms with Gasteiger partial charge in [-0.05, 0) is 11.4 Å². The molecule has 1 radical (unpaired) electrons. The Bertz CT molecular complexity index is 151. The van der Waals surface area contributed by atoms with Gasteiger partial charge in [0.05, 0.1) is 0 Å². The first-order chi connectivity index (χ1) is 3.93. The third-order valence-corrected chi connectivity index (χ3v) is 1.66. The Kier molecular flexibility index (Phi) is 1.86. The van der Waals surface area contributed by atoms with Crippen molar-refractivity contribution in [1.82, 2.24) is 0 Å². The van der Waals surface area contributed by atoms with Gasteiger partial charge in [0, 0.05) is 11.3 Å². The van der Waals surface area contributed by atoms with E-state index in [1.807, 2.05) is 12.5 Å². The van der Waals surface area contributed by atoms with Crippen LogP contribution in [0.25, 0.3) is 0 Å². The molecule has 8 heavy (non-hydrogen) atoms. The van der Waals surface area contributed by atoms with Crippen LogP contribution in [0.2, 0.25) is 0 Å². The van der Waals surface area contributed by atoms with E-state index in [1.54, 1.807) is 17.4 Å². The number of hydrogen-bond acceptors (Lipinski definition) is 1. The molecule has 1 heteroatoms. The highest BCUT2D eigenvalue weighted by atomic mass is 32.1. The van der Waals surface area contributed by atoms with Crippen molar-refractivity contribution in [3.8, 4) is 0 Å². The van der Waals surface area contributed by atoms with Crippen molar-refractivity contribution in [1.29, 1.82) is 0 Å². The molecule has 0 atom stereocenters. The molecule has 0 spiro atoms. The number of hydrogen-bond donors (Lipinski definition) is 0. The van der Waals surface area contributed by atoms with Crippen LogP contribution in [0.4, 0.5) is 0 Å². The van der Waals surface area contributed by atoms with E-state index in [2.05, 4.69) is 18.0 Å². The molecule has 41 valence electrons. The molecule has 0 bridgehead atoms. The summed E-state index contributed by atoms with van der Waals surface area (Å²) in [4.78, 5) is 1.26. The van der Waals surface area contributed by atoms with Gasteiger partial charge >= 0.3 is 0 Å². The summed E-state index contributed by atoms with van der Waals surface area (Å²) in [6, 6.07) is 4.09. The summed E-state index contributed by atoms with van der Waals surface area (Å²) in [7, 11) is 0. The zero-order valence-corrected chi connectivity index (χ0v) is 5.32. The Morgan fingerprint density at radius 3 is 3.00 bits per heavy atom. The predicted octanol–water partition coefficient (Wildman–Crippen LogP) is 2.49. The van der Waals surface area contributed by atoms with Gasteiger partial charge in [-0.15, -0.1) is 17.9 Å². The standard InChI is InChI=1S/C7H7S/c1-2-4-7-5-3-6-8-7/h2-6H,1H2/i7+1. The Morgan fingerprint density at radius 1 is 1.62 bits per heavy atom. The Labute approximate surface area is 53.5 Å². The maximum Gasteiger partial charge on any atom is 0.0221 e. The molecule has 0 aromatic carbocycles. The van der Waals surface area contributed by atoms with Crippen molar-refractivity contribution < 1.29 is 0 Å². The summed E-state index contributed by atoms with van der Waals surface area (Å²) in [5.41, 5.74) is 0. The van der Waals surface area contributed by atoms with Crippen molar-refractivity contribution in [3.05, 3.63) is 41.5 Å². The van der Waals surface area contributed by atoms with Gasteiger partial charge in [0.2, 0.25) is 0 Å². The fourth-order valence-electron chi connectivity index (χ4n) is 0.502. The first kappa shape index (κ1) is 5.57. The molecule has 0 nitrogen and oxygen atoms in total. The number of allylic oxidation sites excluding steroid dienone is 1. The molecule has 0 aliphatic rings. The zero-order valence-electron chi connectivity index (χ0n) is 4.50. The summed E-state index contributed by atoms with van der Waals surface area (Å²) < 4.78 is 0. The molecule has 0 N–H and O–H groups in total. The van der Waals surface area contributed by atoms with Gasteiger partial charge in [-0.1, -0.05) is 12.1 Å². The van der Waals surface area contributed by atoms with Crippen LogP contribution in [-0.2, 0) is 0 Å². The SMILES string of the molecule is C=C[CH][13c]1cccs1. The molecule has 0 aliphatic heterocycles. The average Bonchev–Trinajstić information content (AvgIpc) is 2.19. The summed E-state index contributed by atoms with van der Waals surface area (Å²) in [6.07, 6.45) is 3.79. The monoisotopic (exact) mass is 124 g/mol. The van der Waals surface area contributed by atoms with Crippen LogP contribution in [-0.4, -0.2) is 0 Å². The summed E-state index contributed by atoms with van der Waals surface area (Å²) in [6.45, 7) is 3.59. The fraction of sp³-hybridized carbons (Fsp3) is 0. The highest BCUT2D eigenvalue weighted by molar-refractivity contribution is 7.10. The van der Waals surface area contributed by atoms with Crippen LogP contribution < -0.4 is 0 Å². The molecular formula is C7H7S. The largest absolute Gasteiger partial charge is 0.148 e. The van der Waals surface area contributed by atoms with E-state index in [0.29, 0.717) is 0 Å². The van der Waals surface area contributed by atoms with Gasteiger partial charge in [0.25, 0.3) is 0 Å². The second kappa shape index (κ2) is 2.68. The molecule has 0 unspecified atom stereocenters. The highest BCUT2D eigenvalue weighted by Crippen LogP contribution is 2.10.